The lowest BCUT2D eigenvalue weighted by Gasteiger charge is -2.30. The largest absolute Gasteiger partial charge is 0.368 e. The van der Waals surface area contributed by atoms with Crippen LogP contribution in [0.3, 0.4) is 0 Å². The topological polar surface area (TPSA) is 86.4 Å². The number of primary amides is 1. The molecule has 2 amide bonds. The van der Waals surface area contributed by atoms with Crippen molar-refractivity contribution in [2.45, 2.75) is 56.6 Å². The molecule has 1 aliphatic carbocycles. The number of rotatable bonds is 3. The summed E-state index contributed by atoms with van der Waals surface area (Å²) in [5.74, 6) is 0.246. The third-order valence-electron chi connectivity index (χ3n) is 5.72. The van der Waals surface area contributed by atoms with E-state index in [-0.39, 0.29) is 24.0 Å². The second kappa shape index (κ2) is 7.52. The van der Waals surface area contributed by atoms with E-state index in [0.717, 1.165) is 55.0 Å². The Balaban J connectivity index is 1.56. The van der Waals surface area contributed by atoms with Crippen molar-refractivity contribution >= 4 is 34.4 Å². The summed E-state index contributed by atoms with van der Waals surface area (Å²) >= 11 is 6.19. The van der Waals surface area contributed by atoms with Gasteiger partial charge in [0.1, 0.15) is 6.10 Å². The van der Waals surface area contributed by atoms with E-state index < -0.39 is 6.03 Å². The predicted octanol–water partition coefficient (Wildman–Crippen LogP) is 3.54. The molecule has 27 heavy (non-hydrogen) atoms. The molecular weight excluding hydrogens is 366 g/mol. The predicted molar refractivity (Wildman–Crippen MR) is 104 cm³/mol. The lowest BCUT2D eigenvalue weighted by molar-refractivity contribution is -0.131. The van der Waals surface area contributed by atoms with E-state index in [1.807, 2.05) is 18.3 Å². The van der Waals surface area contributed by atoms with Crippen LogP contribution in [0.15, 0.2) is 24.4 Å². The lowest BCUT2D eigenvalue weighted by Crippen LogP contribution is -2.43. The Bertz CT molecular complexity index is 873. The molecule has 2 fully saturated rings. The first-order valence-corrected chi connectivity index (χ1v) is 9.93. The maximum absolute atomic E-state index is 12.4. The maximum atomic E-state index is 12.4. The summed E-state index contributed by atoms with van der Waals surface area (Å²) < 4.78 is 6.97. The highest BCUT2D eigenvalue weighted by Gasteiger charge is 2.30. The average Bonchev–Trinajstić information content (AvgIpc) is 3.30. The van der Waals surface area contributed by atoms with Gasteiger partial charge in [-0.25, -0.2) is 4.79 Å². The molecule has 1 aliphatic heterocycles. The van der Waals surface area contributed by atoms with Crippen LogP contribution < -0.4 is 11.1 Å². The summed E-state index contributed by atoms with van der Waals surface area (Å²) in [5.41, 5.74) is 7.39. The molecule has 2 heterocycles. The van der Waals surface area contributed by atoms with Gasteiger partial charge in [0.05, 0.1) is 5.52 Å². The number of carbonyl (C=O) groups excluding carboxylic acids is 2. The molecule has 2 aliphatic rings. The molecule has 1 saturated heterocycles. The Kier molecular flexibility index (Phi) is 5.10. The van der Waals surface area contributed by atoms with Gasteiger partial charge in [-0.3, -0.25) is 9.36 Å². The Morgan fingerprint density at radius 2 is 2.07 bits per heavy atom. The molecule has 3 atom stereocenters. The fraction of sp³-hybridized carbons (Fsp3) is 0.500. The van der Waals surface area contributed by atoms with E-state index in [4.69, 9.17) is 22.1 Å². The van der Waals surface area contributed by atoms with E-state index in [2.05, 4.69) is 5.32 Å². The summed E-state index contributed by atoms with van der Waals surface area (Å²) in [4.78, 5) is 24.2. The van der Waals surface area contributed by atoms with Crippen molar-refractivity contribution in [3.8, 4) is 0 Å². The maximum Gasteiger partial charge on any atom is 0.323 e. The van der Waals surface area contributed by atoms with Crippen molar-refractivity contribution in [3.05, 3.63) is 35.0 Å². The van der Waals surface area contributed by atoms with Crippen LogP contribution in [-0.2, 0) is 9.53 Å². The van der Waals surface area contributed by atoms with Crippen LogP contribution >= 0.6 is 11.6 Å². The van der Waals surface area contributed by atoms with Crippen LogP contribution in [0.4, 0.5) is 4.79 Å². The van der Waals surface area contributed by atoms with Crippen LogP contribution in [-0.4, -0.2) is 35.3 Å². The first-order valence-electron chi connectivity index (χ1n) is 9.55. The number of aromatic nitrogens is 1. The van der Waals surface area contributed by atoms with Gasteiger partial charge >= 0.3 is 6.03 Å². The van der Waals surface area contributed by atoms with Crippen LogP contribution in [0.1, 0.15) is 50.0 Å². The highest BCUT2D eigenvalue weighted by Crippen LogP contribution is 2.38. The molecule has 1 aromatic heterocycles. The number of nitrogens with zero attached hydrogens (tertiary/aromatic N) is 1. The van der Waals surface area contributed by atoms with Crippen molar-refractivity contribution in [2.24, 2.45) is 5.73 Å². The number of halogens is 1. The van der Waals surface area contributed by atoms with Gasteiger partial charge in [0, 0.05) is 29.3 Å². The van der Waals surface area contributed by atoms with Gasteiger partial charge in [-0.1, -0.05) is 18.0 Å². The zero-order valence-corrected chi connectivity index (χ0v) is 15.9. The van der Waals surface area contributed by atoms with Crippen LogP contribution in [0.5, 0.6) is 0 Å². The molecule has 1 saturated carbocycles. The summed E-state index contributed by atoms with van der Waals surface area (Å²) in [6.45, 7) is 0.665. The zero-order valence-electron chi connectivity index (χ0n) is 15.1. The van der Waals surface area contributed by atoms with E-state index in [1.165, 1.54) is 4.57 Å². The Labute approximate surface area is 163 Å². The van der Waals surface area contributed by atoms with Gasteiger partial charge in [0.2, 0.25) is 5.91 Å². The summed E-state index contributed by atoms with van der Waals surface area (Å²) in [6, 6.07) is 5.09. The molecule has 144 valence electrons. The average molecular weight is 390 g/mol. The van der Waals surface area contributed by atoms with Crippen molar-refractivity contribution in [3.63, 3.8) is 0 Å². The number of benzene rings is 1. The number of hydrogen-bond donors (Lipinski definition) is 2. The molecule has 6 nitrogen and oxygen atoms in total. The second-order valence-electron chi connectivity index (χ2n) is 7.52. The van der Waals surface area contributed by atoms with Gasteiger partial charge in [-0.15, -0.1) is 0 Å². The molecule has 1 aromatic carbocycles. The smallest absolute Gasteiger partial charge is 0.323 e. The monoisotopic (exact) mass is 389 g/mol. The first-order chi connectivity index (χ1) is 13.0. The number of nitrogens with two attached hydrogens (primary N) is 1. The highest BCUT2D eigenvalue weighted by molar-refractivity contribution is 6.31. The van der Waals surface area contributed by atoms with Crippen LogP contribution in [0.25, 0.3) is 10.9 Å². The standard InChI is InChI=1S/C20H24ClN3O3/c21-13-6-7-17-15(10-13)16(11-24(17)20(22)26)12-3-1-4-14(9-12)23-19(25)18-5-2-8-27-18/h6-7,10-12,14,18H,1-5,8-9H2,(H2,22,26)(H,23,25)/t12-,14+,18+/m1/s1. The summed E-state index contributed by atoms with van der Waals surface area (Å²) in [5, 5.41) is 4.75. The van der Waals surface area contributed by atoms with Gasteiger partial charge in [-0.2, -0.15) is 0 Å². The Hall–Kier alpha value is -2.05. The van der Waals surface area contributed by atoms with Crippen molar-refractivity contribution in [1.82, 2.24) is 9.88 Å². The highest BCUT2D eigenvalue weighted by atomic mass is 35.5. The van der Waals surface area contributed by atoms with Crippen molar-refractivity contribution < 1.29 is 14.3 Å². The minimum Gasteiger partial charge on any atom is -0.368 e. The normalized spacial score (nSPS) is 25.6. The molecule has 3 N–H and O–H groups in total. The first kappa shape index (κ1) is 18.3. The van der Waals surface area contributed by atoms with E-state index >= 15 is 0 Å². The fourth-order valence-electron chi connectivity index (χ4n) is 4.42. The molecule has 0 spiro atoms. The molecule has 0 unspecified atom stereocenters. The van der Waals surface area contributed by atoms with Crippen molar-refractivity contribution in [1.29, 1.82) is 0 Å². The van der Waals surface area contributed by atoms with E-state index in [9.17, 15) is 9.59 Å². The SMILES string of the molecule is NC(=O)n1cc([C@@H]2CCC[C@H](NC(=O)[C@@H]3CCCO3)C2)c2cc(Cl)ccc21. The van der Waals surface area contributed by atoms with Crippen LogP contribution in [0.2, 0.25) is 5.02 Å². The second-order valence-corrected chi connectivity index (χ2v) is 7.96. The lowest BCUT2D eigenvalue weighted by atomic mass is 9.81. The van der Waals surface area contributed by atoms with Crippen LogP contribution in [0, 0.1) is 0 Å². The zero-order chi connectivity index (χ0) is 19.0. The third kappa shape index (κ3) is 3.69. The molecule has 2 aromatic rings. The molecule has 7 heteroatoms. The van der Waals surface area contributed by atoms with Gasteiger partial charge in [0.15, 0.2) is 0 Å². The minimum absolute atomic E-state index is 0.000702. The number of amides is 2. The minimum atomic E-state index is -0.507. The number of nitrogens with one attached hydrogen (secondary N) is 1. The quantitative estimate of drug-likeness (QED) is 0.841. The fourth-order valence-corrected chi connectivity index (χ4v) is 4.59. The van der Waals surface area contributed by atoms with Crippen molar-refractivity contribution in [2.75, 3.05) is 6.61 Å². The number of ether oxygens (including phenoxy) is 1. The van der Waals surface area contributed by atoms with Gasteiger partial charge in [0.25, 0.3) is 0 Å². The number of fused-ring (bicyclic) bond motifs is 1. The third-order valence-corrected chi connectivity index (χ3v) is 5.95. The number of carbonyl (C=O) groups is 2. The molecule has 4 rings (SSSR count). The summed E-state index contributed by atoms with van der Waals surface area (Å²) in [6.07, 6.45) is 7.10. The number of hydrogen-bond acceptors (Lipinski definition) is 3. The molecular formula is C20H24ClN3O3. The molecule has 0 radical (unpaired) electrons. The van der Waals surface area contributed by atoms with E-state index in [1.54, 1.807) is 6.07 Å². The van der Waals surface area contributed by atoms with Gasteiger partial charge < -0.3 is 15.8 Å². The van der Waals surface area contributed by atoms with E-state index in [0.29, 0.717) is 11.6 Å². The Morgan fingerprint density at radius 1 is 1.22 bits per heavy atom. The Morgan fingerprint density at radius 3 is 2.81 bits per heavy atom. The molecule has 0 bridgehead atoms. The summed E-state index contributed by atoms with van der Waals surface area (Å²) in [7, 11) is 0. The van der Waals surface area contributed by atoms with Gasteiger partial charge in [-0.05, 0) is 61.8 Å².